The second kappa shape index (κ2) is 4.49. The number of nitrogens with one attached hydrogen (secondary N) is 2. The van der Waals surface area contributed by atoms with Gasteiger partial charge in [-0.1, -0.05) is 13.0 Å². The molecule has 0 saturated heterocycles. The molecule has 0 bridgehead atoms. The van der Waals surface area contributed by atoms with Crippen molar-refractivity contribution in [1.82, 2.24) is 10.3 Å². The Kier molecular flexibility index (Phi) is 3.05. The fraction of sp³-hybridized carbons (Fsp3) is 0.455. The van der Waals surface area contributed by atoms with E-state index in [1.807, 2.05) is 0 Å². The van der Waals surface area contributed by atoms with Gasteiger partial charge in [0.2, 0.25) is 0 Å². The number of nitrogens with zero attached hydrogens (tertiary/aromatic N) is 1. The van der Waals surface area contributed by atoms with Crippen LogP contribution in [0.3, 0.4) is 0 Å². The zero-order valence-corrected chi connectivity index (χ0v) is 9.23. The minimum Gasteiger partial charge on any atom is -0.348 e. The molecule has 1 aliphatic rings. The first-order valence-corrected chi connectivity index (χ1v) is 5.43. The summed E-state index contributed by atoms with van der Waals surface area (Å²) in [6.45, 7) is 2.18. The predicted octanol–water partition coefficient (Wildman–Crippen LogP) is 0.895. The van der Waals surface area contributed by atoms with Crippen molar-refractivity contribution in [1.29, 1.82) is 0 Å². The highest BCUT2D eigenvalue weighted by Gasteiger charge is 2.27. The van der Waals surface area contributed by atoms with Crippen molar-refractivity contribution in [2.45, 2.75) is 25.8 Å². The highest BCUT2D eigenvalue weighted by molar-refractivity contribution is 5.92. The number of hydrazine groups is 1. The van der Waals surface area contributed by atoms with E-state index in [-0.39, 0.29) is 5.91 Å². The number of carbonyl (C=O) groups is 1. The number of rotatable bonds is 3. The number of nitrogen functional groups attached to an aromatic ring is 1. The van der Waals surface area contributed by atoms with Crippen LogP contribution in [0.2, 0.25) is 0 Å². The molecule has 0 aromatic carbocycles. The summed E-state index contributed by atoms with van der Waals surface area (Å²) in [6, 6.07) is 5.44. The average Bonchev–Trinajstić information content (AvgIpc) is 2.27. The molecule has 5 nitrogen and oxygen atoms in total. The molecule has 1 fully saturated rings. The molecule has 1 saturated carbocycles. The van der Waals surface area contributed by atoms with Crippen LogP contribution < -0.4 is 16.6 Å². The Morgan fingerprint density at radius 1 is 1.50 bits per heavy atom. The lowest BCUT2D eigenvalue weighted by molar-refractivity contribution is 0.0891. The molecule has 1 aromatic rings. The molecule has 2 rings (SSSR count). The Morgan fingerprint density at radius 3 is 2.88 bits per heavy atom. The van der Waals surface area contributed by atoms with Crippen LogP contribution in [0.25, 0.3) is 0 Å². The van der Waals surface area contributed by atoms with Crippen LogP contribution >= 0.6 is 0 Å². The largest absolute Gasteiger partial charge is 0.348 e. The third kappa shape index (κ3) is 2.30. The van der Waals surface area contributed by atoms with E-state index in [4.69, 9.17) is 5.84 Å². The van der Waals surface area contributed by atoms with Gasteiger partial charge in [-0.05, 0) is 30.9 Å². The van der Waals surface area contributed by atoms with Crippen molar-refractivity contribution in [2.24, 2.45) is 11.8 Å². The zero-order valence-electron chi connectivity index (χ0n) is 9.23. The molecule has 16 heavy (non-hydrogen) atoms. The second-order valence-corrected chi connectivity index (χ2v) is 4.30. The third-order valence-corrected chi connectivity index (χ3v) is 2.84. The lowest BCUT2D eigenvalue weighted by Crippen LogP contribution is -2.43. The van der Waals surface area contributed by atoms with Gasteiger partial charge in [0.1, 0.15) is 11.5 Å². The van der Waals surface area contributed by atoms with E-state index in [1.54, 1.807) is 18.2 Å². The fourth-order valence-corrected chi connectivity index (χ4v) is 1.92. The van der Waals surface area contributed by atoms with Gasteiger partial charge in [-0.2, -0.15) is 0 Å². The molecular weight excluding hydrogens is 204 g/mol. The quantitative estimate of drug-likeness (QED) is 0.522. The zero-order chi connectivity index (χ0) is 11.5. The number of pyridine rings is 1. The van der Waals surface area contributed by atoms with Crippen molar-refractivity contribution in [3.05, 3.63) is 23.9 Å². The normalized spacial score (nSPS) is 23.4. The average molecular weight is 220 g/mol. The number of hydrogen-bond acceptors (Lipinski definition) is 4. The molecule has 0 aliphatic heterocycles. The summed E-state index contributed by atoms with van der Waals surface area (Å²) in [7, 11) is 0. The van der Waals surface area contributed by atoms with Crippen molar-refractivity contribution in [3.63, 3.8) is 0 Å². The van der Waals surface area contributed by atoms with E-state index in [9.17, 15) is 4.79 Å². The topological polar surface area (TPSA) is 80.0 Å². The first-order chi connectivity index (χ1) is 7.69. The molecule has 0 atom stereocenters. The number of aromatic nitrogens is 1. The van der Waals surface area contributed by atoms with E-state index in [2.05, 4.69) is 22.7 Å². The highest BCUT2D eigenvalue weighted by atomic mass is 16.1. The summed E-state index contributed by atoms with van der Waals surface area (Å²) in [5, 5.41) is 2.94. The lowest BCUT2D eigenvalue weighted by atomic mass is 9.82. The van der Waals surface area contributed by atoms with Gasteiger partial charge in [-0.15, -0.1) is 0 Å². The number of anilines is 1. The molecule has 4 N–H and O–H groups in total. The maximum Gasteiger partial charge on any atom is 0.270 e. The minimum atomic E-state index is -0.131. The molecule has 1 amide bonds. The van der Waals surface area contributed by atoms with Crippen molar-refractivity contribution in [3.8, 4) is 0 Å². The van der Waals surface area contributed by atoms with Crippen molar-refractivity contribution < 1.29 is 4.79 Å². The van der Waals surface area contributed by atoms with Crippen LogP contribution in [0.15, 0.2) is 18.2 Å². The first-order valence-electron chi connectivity index (χ1n) is 5.43. The highest BCUT2D eigenvalue weighted by Crippen LogP contribution is 2.26. The van der Waals surface area contributed by atoms with Gasteiger partial charge in [-0.25, -0.2) is 10.8 Å². The van der Waals surface area contributed by atoms with Gasteiger partial charge in [0, 0.05) is 6.04 Å². The van der Waals surface area contributed by atoms with E-state index in [1.165, 1.54) is 0 Å². The Hall–Kier alpha value is -1.62. The fourth-order valence-electron chi connectivity index (χ4n) is 1.92. The lowest BCUT2D eigenvalue weighted by Gasteiger charge is -2.33. The van der Waals surface area contributed by atoms with E-state index in [0.717, 1.165) is 18.8 Å². The van der Waals surface area contributed by atoms with Gasteiger partial charge >= 0.3 is 0 Å². The molecule has 86 valence electrons. The van der Waals surface area contributed by atoms with Crippen LogP contribution in [0.4, 0.5) is 5.82 Å². The third-order valence-electron chi connectivity index (χ3n) is 2.84. The van der Waals surface area contributed by atoms with Crippen molar-refractivity contribution >= 4 is 11.7 Å². The van der Waals surface area contributed by atoms with Crippen LogP contribution in [-0.4, -0.2) is 16.9 Å². The van der Waals surface area contributed by atoms with Crippen LogP contribution in [-0.2, 0) is 0 Å². The maximum atomic E-state index is 11.8. The predicted molar refractivity (Wildman–Crippen MR) is 61.7 cm³/mol. The smallest absolute Gasteiger partial charge is 0.270 e. The summed E-state index contributed by atoms with van der Waals surface area (Å²) < 4.78 is 0. The first kappa shape index (κ1) is 10.9. The molecule has 1 heterocycles. The summed E-state index contributed by atoms with van der Waals surface area (Å²) in [4.78, 5) is 15.9. The number of carbonyl (C=O) groups excluding carboxylic acids is 1. The second-order valence-electron chi connectivity index (χ2n) is 4.30. The molecule has 0 spiro atoms. The van der Waals surface area contributed by atoms with Crippen LogP contribution in [0, 0.1) is 5.92 Å². The van der Waals surface area contributed by atoms with Crippen molar-refractivity contribution in [2.75, 3.05) is 5.43 Å². The van der Waals surface area contributed by atoms with Gasteiger partial charge in [-0.3, -0.25) is 4.79 Å². The van der Waals surface area contributed by atoms with Crippen LogP contribution in [0.5, 0.6) is 0 Å². The maximum absolute atomic E-state index is 11.8. The summed E-state index contributed by atoms with van der Waals surface area (Å²) in [6.07, 6.45) is 2.11. The molecule has 0 unspecified atom stereocenters. The Morgan fingerprint density at radius 2 is 2.25 bits per heavy atom. The Labute approximate surface area is 94.4 Å². The Balaban J connectivity index is 1.97. The Bertz CT molecular complexity index is 387. The number of amides is 1. The van der Waals surface area contributed by atoms with E-state index in [0.29, 0.717) is 17.6 Å². The number of nitrogens with two attached hydrogens (primary N) is 1. The van der Waals surface area contributed by atoms with Gasteiger partial charge in [0.15, 0.2) is 0 Å². The summed E-state index contributed by atoms with van der Waals surface area (Å²) in [5.41, 5.74) is 2.82. The molecular formula is C11H16N4O. The van der Waals surface area contributed by atoms with Crippen LogP contribution in [0.1, 0.15) is 30.3 Å². The molecule has 5 heteroatoms. The van der Waals surface area contributed by atoms with E-state index < -0.39 is 0 Å². The SMILES string of the molecule is CC1CC(NC(=O)c2cccc(NN)n2)C1. The standard InChI is InChI=1S/C11H16N4O/c1-7-5-8(6-7)13-11(16)9-3-2-4-10(14-9)15-12/h2-4,7-8H,5-6,12H2,1H3,(H,13,16)(H,14,15). The molecule has 1 aromatic heterocycles. The number of hydrogen-bond donors (Lipinski definition) is 3. The molecule has 0 radical (unpaired) electrons. The van der Waals surface area contributed by atoms with Gasteiger partial charge in [0.25, 0.3) is 5.91 Å². The van der Waals surface area contributed by atoms with Gasteiger partial charge in [0.05, 0.1) is 0 Å². The summed E-state index contributed by atoms with van der Waals surface area (Å²) >= 11 is 0. The van der Waals surface area contributed by atoms with E-state index >= 15 is 0 Å². The minimum absolute atomic E-state index is 0.131. The molecule has 1 aliphatic carbocycles. The monoisotopic (exact) mass is 220 g/mol. The summed E-state index contributed by atoms with van der Waals surface area (Å²) in [5.74, 6) is 6.31. The van der Waals surface area contributed by atoms with Gasteiger partial charge < -0.3 is 10.7 Å².